The summed E-state index contributed by atoms with van der Waals surface area (Å²) in [5, 5.41) is 8.99. The highest BCUT2D eigenvalue weighted by molar-refractivity contribution is 4.97. The minimum absolute atomic E-state index is 0.347. The lowest BCUT2D eigenvalue weighted by molar-refractivity contribution is 0.0642. The van der Waals surface area contributed by atoms with Gasteiger partial charge in [0.15, 0.2) is 0 Å². The molecule has 0 aromatic heterocycles. The van der Waals surface area contributed by atoms with Gasteiger partial charge in [0.1, 0.15) is 0 Å². The molecule has 2 rings (SSSR count). The van der Waals surface area contributed by atoms with E-state index in [1.165, 1.54) is 70.9 Å². The minimum atomic E-state index is 0.347. The van der Waals surface area contributed by atoms with Gasteiger partial charge in [0.25, 0.3) is 0 Å². The molecule has 1 saturated heterocycles. The predicted molar refractivity (Wildman–Crippen MR) is 85.9 cm³/mol. The van der Waals surface area contributed by atoms with Gasteiger partial charge in [-0.15, -0.1) is 0 Å². The molecular formula is C18H35NO. The van der Waals surface area contributed by atoms with E-state index in [1.807, 2.05) is 0 Å². The van der Waals surface area contributed by atoms with Gasteiger partial charge < -0.3 is 10.0 Å². The molecule has 0 radical (unpaired) electrons. The van der Waals surface area contributed by atoms with E-state index in [0.717, 1.165) is 13.0 Å². The maximum atomic E-state index is 8.99. The van der Waals surface area contributed by atoms with Crippen molar-refractivity contribution in [2.24, 2.45) is 10.8 Å². The lowest BCUT2D eigenvalue weighted by Crippen LogP contribution is -2.36. The number of nitrogens with zero attached hydrogens (tertiary/aromatic N) is 1. The highest BCUT2D eigenvalue weighted by atomic mass is 16.3. The van der Waals surface area contributed by atoms with Crippen LogP contribution in [0.4, 0.5) is 0 Å². The molecule has 1 heterocycles. The van der Waals surface area contributed by atoms with Crippen LogP contribution < -0.4 is 0 Å². The first-order chi connectivity index (χ1) is 9.67. The maximum absolute atomic E-state index is 8.99. The first-order valence-corrected chi connectivity index (χ1v) is 9.01. The molecule has 2 fully saturated rings. The van der Waals surface area contributed by atoms with Crippen LogP contribution in [0.15, 0.2) is 0 Å². The quantitative estimate of drug-likeness (QED) is 0.755. The largest absolute Gasteiger partial charge is 0.396 e. The average molecular weight is 281 g/mol. The van der Waals surface area contributed by atoms with Gasteiger partial charge in [-0.3, -0.25) is 0 Å². The van der Waals surface area contributed by atoms with Crippen LogP contribution in [0.25, 0.3) is 0 Å². The maximum Gasteiger partial charge on any atom is 0.0443 e. The van der Waals surface area contributed by atoms with Gasteiger partial charge in [0.2, 0.25) is 0 Å². The molecule has 0 bridgehead atoms. The van der Waals surface area contributed by atoms with E-state index in [-0.39, 0.29) is 0 Å². The Bertz CT molecular complexity index is 273. The summed E-state index contributed by atoms with van der Waals surface area (Å²) in [6, 6.07) is 0. The van der Waals surface area contributed by atoms with E-state index in [0.29, 0.717) is 17.4 Å². The van der Waals surface area contributed by atoms with Crippen molar-refractivity contribution in [2.45, 2.75) is 78.1 Å². The van der Waals surface area contributed by atoms with Gasteiger partial charge in [-0.05, 0) is 68.7 Å². The Kier molecular flexibility index (Phi) is 5.92. The Balaban J connectivity index is 1.86. The second-order valence-electron chi connectivity index (χ2n) is 7.60. The second-order valence-corrected chi connectivity index (χ2v) is 7.60. The van der Waals surface area contributed by atoms with Gasteiger partial charge in [-0.2, -0.15) is 0 Å². The van der Waals surface area contributed by atoms with Crippen LogP contribution in [-0.4, -0.2) is 36.2 Å². The minimum Gasteiger partial charge on any atom is -0.396 e. The Morgan fingerprint density at radius 2 is 1.60 bits per heavy atom. The van der Waals surface area contributed by atoms with E-state index in [2.05, 4.69) is 18.7 Å². The van der Waals surface area contributed by atoms with Crippen molar-refractivity contribution in [3.05, 3.63) is 0 Å². The Hall–Kier alpha value is -0.0800. The standard InChI is InChI=1S/C18H35NO/c1-3-6-17(7-4-2)8-10-18(11-9-17)12-14-19(16-18)13-5-15-20/h20H,3-16H2,1-2H3. The zero-order valence-corrected chi connectivity index (χ0v) is 13.8. The topological polar surface area (TPSA) is 23.5 Å². The van der Waals surface area contributed by atoms with Crippen molar-refractivity contribution in [1.29, 1.82) is 0 Å². The van der Waals surface area contributed by atoms with Crippen LogP contribution in [-0.2, 0) is 0 Å². The third-order valence-electron chi connectivity index (χ3n) is 6.08. The lowest BCUT2D eigenvalue weighted by atomic mass is 9.60. The zero-order valence-electron chi connectivity index (χ0n) is 13.8. The van der Waals surface area contributed by atoms with E-state index in [1.54, 1.807) is 0 Å². The molecule has 0 amide bonds. The SMILES string of the molecule is CCCC1(CCC)CCC2(CCN(CCCO)C2)CC1. The third-order valence-corrected chi connectivity index (χ3v) is 6.08. The van der Waals surface area contributed by atoms with Crippen LogP contribution in [0.3, 0.4) is 0 Å². The molecule has 0 unspecified atom stereocenters. The molecule has 1 saturated carbocycles. The molecular weight excluding hydrogens is 246 g/mol. The molecule has 2 nitrogen and oxygen atoms in total. The summed E-state index contributed by atoms with van der Waals surface area (Å²) in [6.45, 7) is 8.74. The number of hydrogen-bond acceptors (Lipinski definition) is 2. The highest BCUT2D eigenvalue weighted by Crippen LogP contribution is 2.53. The van der Waals surface area contributed by atoms with Crippen molar-refractivity contribution in [1.82, 2.24) is 4.90 Å². The summed E-state index contributed by atoms with van der Waals surface area (Å²) in [4.78, 5) is 2.60. The Morgan fingerprint density at radius 3 is 2.15 bits per heavy atom. The van der Waals surface area contributed by atoms with E-state index >= 15 is 0 Å². The smallest absolute Gasteiger partial charge is 0.0443 e. The van der Waals surface area contributed by atoms with Gasteiger partial charge in [-0.1, -0.05) is 26.7 Å². The monoisotopic (exact) mass is 281 g/mol. The number of hydrogen-bond donors (Lipinski definition) is 1. The molecule has 118 valence electrons. The van der Waals surface area contributed by atoms with Crippen molar-refractivity contribution >= 4 is 0 Å². The van der Waals surface area contributed by atoms with Crippen molar-refractivity contribution in [2.75, 3.05) is 26.2 Å². The predicted octanol–water partition coefficient (Wildman–Crippen LogP) is 4.22. The fourth-order valence-corrected chi connectivity index (χ4v) is 4.92. The zero-order chi connectivity index (χ0) is 14.5. The Morgan fingerprint density at radius 1 is 0.950 bits per heavy atom. The van der Waals surface area contributed by atoms with Crippen LogP contribution in [0.5, 0.6) is 0 Å². The fraction of sp³-hybridized carbons (Fsp3) is 1.00. The summed E-state index contributed by atoms with van der Waals surface area (Å²) in [6.07, 6.45) is 13.8. The normalized spacial score (nSPS) is 25.4. The summed E-state index contributed by atoms with van der Waals surface area (Å²) < 4.78 is 0. The van der Waals surface area contributed by atoms with Gasteiger partial charge in [0.05, 0.1) is 0 Å². The van der Waals surface area contributed by atoms with Crippen molar-refractivity contribution in [3.8, 4) is 0 Å². The molecule has 1 N–H and O–H groups in total. The van der Waals surface area contributed by atoms with Crippen LogP contribution in [0.1, 0.15) is 78.1 Å². The number of rotatable bonds is 7. The van der Waals surface area contributed by atoms with Gasteiger partial charge in [0, 0.05) is 19.7 Å². The highest BCUT2D eigenvalue weighted by Gasteiger charge is 2.44. The van der Waals surface area contributed by atoms with Crippen LogP contribution >= 0.6 is 0 Å². The molecule has 2 aliphatic rings. The van der Waals surface area contributed by atoms with Crippen molar-refractivity contribution in [3.63, 3.8) is 0 Å². The molecule has 1 aliphatic carbocycles. The lowest BCUT2D eigenvalue weighted by Gasteiger charge is -2.45. The summed E-state index contributed by atoms with van der Waals surface area (Å²) >= 11 is 0. The molecule has 1 aliphatic heterocycles. The van der Waals surface area contributed by atoms with Gasteiger partial charge in [-0.25, -0.2) is 0 Å². The summed E-state index contributed by atoms with van der Waals surface area (Å²) in [5.41, 5.74) is 1.33. The average Bonchev–Trinajstić information content (AvgIpc) is 2.85. The number of aliphatic hydroxyl groups excluding tert-OH is 1. The number of likely N-dealkylation sites (tertiary alicyclic amines) is 1. The molecule has 0 aromatic rings. The fourth-order valence-electron chi connectivity index (χ4n) is 4.92. The molecule has 0 aromatic carbocycles. The van der Waals surface area contributed by atoms with E-state index in [4.69, 9.17) is 5.11 Å². The van der Waals surface area contributed by atoms with E-state index in [9.17, 15) is 0 Å². The second kappa shape index (κ2) is 7.26. The van der Waals surface area contributed by atoms with Crippen molar-refractivity contribution < 1.29 is 5.11 Å². The molecule has 0 atom stereocenters. The third kappa shape index (κ3) is 3.76. The van der Waals surface area contributed by atoms with Crippen LogP contribution in [0, 0.1) is 10.8 Å². The Labute approximate surface area is 125 Å². The molecule has 20 heavy (non-hydrogen) atoms. The number of aliphatic hydroxyl groups is 1. The first-order valence-electron chi connectivity index (χ1n) is 9.01. The molecule has 1 spiro atoms. The van der Waals surface area contributed by atoms with E-state index < -0.39 is 0 Å². The van der Waals surface area contributed by atoms with Gasteiger partial charge >= 0.3 is 0 Å². The first kappa shape index (κ1) is 16.3. The van der Waals surface area contributed by atoms with Crippen LogP contribution in [0.2, 0.25) is 0 Å². The summed E-state index contributed by atoms with van der Waals surface area (Å²) in [5.74, 6) is 0. The molecule has 2 heteroatoms. The summed E-state index contributed by atoms with van der Waals surface area (Å²) in [7, 11) is 0.